The molecule has 6 nitrogen and oxygen atoms in total. The molecule has 2 aliphatic heterocycles. The molecule has 0 spiro atoms. The lowest BCUT2D eigenvalue weighted by Gasteiger charge is -2.27. The van der Waals surface area contributed by atoms with Gasteiger partial charge in [-0.2, -0.15) is 0 Å². The number of ether oxygens (including phenoxy) is 1. The highest BCUT2D eigenvalue weighted by Gasteiger charge is 2.33. The zero-order valence-corrected chi connectivity index (χ0v) is 17.0. The number of rotatable bonds is 5. The molecule has 3 amide bonds. The van der Waals surface area contributed by atoms with E-state index < -0.39 is 6.09 Å². The summed E-state index contributed by atoms with van der Waals surface area (Å²) in [7, 11) is 3.37. The van der Waals surface area contributed by atoms with Crippen molar-refractivity contribution < 1.29 is 19.1 Å². The SMILES string of the molecule is CCCCN1C(=O)c2cccc3cc(NC(=O)OC4CSSC4)cc(c23)C1=O. The molecule has 28 heavy (non-hydrogen) atoms. The monoisotopic (exact) mass is 416 g/mol. The van der Waals surface area contributed by atoms with E-state index in [1.54, 1.807) is 45.9 Å². The highest BCUT2D eigenvalue weighted by Crippen LogP contribution is 2.34. The highest BCUT2D eigenvalue weighted by molar-refractivity contribution is 8.77. The number of hydrogen-bond acceptors (Lipinski definition) is 6. The quantitative estimate of drug-likeness (QED) is 0.569. The molecule has 4 rings (SSSR count). The van der Waals surface area contributed by atoms with Crippen LogP contribution in [-0.4, -0.2) is 47.0 Å². The standard InChI is InChI=1S/C20H20N2O4S2/c1-2-3-7-22-18(23)15-6-4-5-12-8-13(9-16(17(12)15)19(22)24)21-20(25)26-14-10-27-28-11-14/h4-6,8-9,14H,2-3,7,10-11H2,1H3,(H,21,25). The molecule has 0 saturated carbocycles. The number of benzene rings is 2. The lowest BCUT2D eigenvalue weighted by Crippen LogP contribution is -2.40. The average molecular weight is 417 g/mol. The molecule has 0 aromatic heterocycles. The smallest absolute Gasteiger partial charge is 0.411 e. The third-order valence-electron chi connectivity index (χ3n) is 4.77. The number of hydrogen-bond donors (Lipinski definition) is 1. The second-order valence-corrected chi connectivity index (χ2v) is 9.32. The molecule has 0 bridgehead atoms. The molecule has 1 saturated heterocycles. The topological polar surface area (TPSA) is 75.7 Å². The van der Waals surface area contributed by atoms with Crippen LogP contribution in [0.2, 0.25) is 0 Å². The fourth-order valence-electron chi connectivity index (χ4n) is 3.41. The first-order chi connectivity index (χ1) is 13.6. The van der Waals surface area contributed by atoms with E-state index in [-0.39, 0.29) is 17.9 Å². The molecular weight excluding hydrogens is 396 g/mol. The Labute approximate surface area is 170 Å². The van der Waals surface area contributed by atoms with E-state index in [0.29, 0.717) is 28.7 Å². The van der Waals surface area contributed by atoms with Crippen molar-refractivity contribution >= 4 is 56.0 Å². The highest BCUT2D eigenvalue weighted by atomic mass is 33.1. The minimum Gasteiger partial charge on any atom is -0.444 e. The summed E-state index contributed by atoms with van der Waals surface area (Å²) >= 11 is 0. The summed E-state index contributed by atoms with van der Waals surface area (Å²) in [6, 6.07) is 8.78. The first kappa shape index (κ1) is 19.1. The summed E-state index contributed by atoms with van der Waals surface area (Å²) in [6.07, 6.45) is 1.01. The molecular formula is C20H20N2O4S2. The molecule has 0 radical (unpaired) electrons. The summed E-state index contributed by atoms with van der Waals surface area (Å²) in [5.74, 6) is 0.977. The molecule has 8 heteroatoms. The molecule has 0 aliphatic carbocycles. The van der Waals surface area contributed by atoms with Gasteiger partial charge in [0.15, 0.2) is 0 Å². The van der Waals surface area contributed by atoms with Gasteiger partial charge in [0.05, 0.1) is 5.56 Å². The van der Waals surface area contributed by atoms with Crippen molar-refractivity contribution in [2.45, 2.75) is 25.9 Å². The summed E-state index contributed by atoms with van der Waals surface area (Å²) in [5, 5.41) is 4.12. The minimum absolute atomic E-state index is 0.107. The zero-order valence-electron chi connectivity index (χ0n) is 15.4. The van der Waals surface area contributed by atoms with Crippen molar-refractivity contribution in [1.82, 2.24) is 4.90 Å². The Morgan fingerprint density at radius 2 is 1.93 bits per heavy atom. The minimum atomic E-state index is -0.530. The number of nitrogens with zero attached hydrogens (tertiary/aromatic N) is 1. The number of nitrogens with one attached hydrogen (secondary N) is 1. The number of carbonyl (C=O) groups is 3. The van der Waals surface area contributed by atoms with E-state index in [9.17, 15) is 14.4 Å². The van der Waals surface area contributed by atoms with Gasteiger partial charge in [0, 0.05) is 34.7 Å². The molecule has 1 N–H and O–H groups in total. The van der Waals surface area contributed by atoms with Crippen LogP contribution in [0.15, 0.2) is 30.3 Å². The van der Waals surface area contributed by atoms with Crippen molar-refractivity contribution in [2.24, 2.45) is 0 Å². The molecule has 2 aromatic carbocycles. The van der Waals surface area contributed by atoms with Crippen molar-refractivity contribution in [3.8, 4) is 0 Å². The van der Waals surface area contributed by atoms with E-state index in [1.807, 2.05) is 13.0 Å². The van der Waals surface area contributed by atoms with Crippen LogP contribution in [0.1, 0.15) is 40.5 Å². The summed E-state index contributed by atoms with van der Waals surface area (Å²) in [6.45, 7) is 2.41. The Morgan fingerprint density at radius 1 is 1.18 bits per heavy atom. The van der Waals surface area contributed by atoms with E-state index in [1.165, 1.54) is 4.90 Å². The molecule has 146 valence electrons. The van der Waals surface area contributed by atoms with Gasteiger partial charge in [0.2, 0.25) is 0 Å². The van der Waals surface area contributed by atoms with Crippen molar-refractivity contribution in [3.05, 3.63) is 41.5 Å². The number of amides is 3. The Morgan fingerprint density at radius 3 is 2.68 bits per heavy atom. The molecule has 0 atom stereocenters. The Kier molecular flexibility index (Phi) is 5.50. The fourth-order valence-corrected chi connectivity index (χ4v) is 5.92. The third kappa shape index (κ3) is 3.58. The van der Waals surface area contributed by atoms with Crippen LogP contribution in [0, 0.1) is 0 Å². The third-order valence-corrected chi connectivity index (χ3v) is 7.27. The number of imide groups is 1. The molecule has 2 aromatic rings. The van der Waals surface area contributed by atoms with Crippen molar-refractivity contribution in [1.29, 1.82) is 0 Å². The number of anilines is 1. The molecule has 2 heterocycles. The van der Waals surface area contributed by atoms with E-state index >= 15 is 0 Å². The first-order valence-corrected chi connectivity index (χ1v) is 11.7. The Hall–Kier alpha value is -2.19. The van der Waals surface area contributed by atoms with Crippen LogP contribution in [-0.2, 0) is 4.74 Å². The Bertz CT molecular complexity index is 957. The van der Waals surface area contributed by atoms with Crippen molar-refractivity contribution in [2.75, 3.05) is 23.4 Å². The normalized spacial score (nSPS) is 16.7. The van der Waals surface area contributed by atoms with Crippen LogP contribution in [0.25, 0.3) is 10.8 Å². The van der Waals surface area contributed by atoms with Crippen LogP contribution in [0.4, 0.5) is 10.5 Å². The lowest BCUT2D eigenvalue weighted by molar-refractivity contribution is 0.0608. The molecule has 1 fully saturated rings. The van der Waals surface area contributed by atoms with Gasteiger partial charge in [0.25, 0.3) is 11.8 Å². The summed E-state index contributed by atoms with van der Waals surface area (Å²) in [5.41, 5.74) is 1.45. The van der Waals surface area contributed by atoms with Crippen molar-refractivity contribution in [3.63, 3.8) is 0 Å². The average Bonchev–Trinajstić information content (AvgIpc) is 3.18. The van der Waals surface area contributed by atoms with Gasteiger partial charge in [-0.1, -0.05) is 47.1 Å². The van der Waals surface area contributed by atoms with Gasteiger partial charge in [0.1, 0.15) is 6.10 Å². The number of unbranched alkanes of at least 4 members (excludes halogenated alkanes) is 1. The van der Waals surface area contributed by atoms with E-state index in [0.717, 1.165) is 29.7 Å². The predicted octanol–water partition coefficient (Wildman–Crippen LogP) is 4.55. The lowest BCUT2D eigenvalue weighted by atomic mass is 9.93. The van der Waals surface area contributed by atoms with Gasteiger partial charge in [-0.25, -0.2) is 4.79 Å². The summed E-state index contributed by atoms with van der Waals surface area (Å²) < 4.78 is 5.42. The van der Waals surface area contributed by atoms with E-state index in [2.05, 4.69) is 5.32 Å². The van der Waals surface area contributed by atoms with Gasteiger partial charge in [-0.3, -0.25) is 19.8 Å². The maximum Gasteiger partial charge on any atom is 0.411 e. The number of carbonyl (C=O) groups excluding carboxylic acids is 3. The van der Waals surface area contributed by atoms with Gasteiger partial charge < -0.3 is 4.74 Å². The molecule has 0 unspecified atom stereocenters. The van der Waals surface area contributed by atoms with E-state index in [4.69, 9.17) is 4.74 Å². The first-order valence-electron chi connectivity index (χ1n) is 9.23. The Balaban J connectivity index is 1.66. The van der Waals surface area contributed by atoms with Crippen LogP contribution in [0.3, 0.4) is 0 Å². The second-order valence-electron chi connectivity index (χ2n) is 6.76. The van der Waals surface area contributed by atoms with Crippen LogP contribution < -0.4 is 5.32 Å². The fraction of sp³-hybridized carbons (Fsp3) is 0.350. The van der Waals surface area contributed by atoms with Crippen LogP contribution >= 0.6 is 21.6 Å². The zero-order chi connectivity index (χ0) is 19.7. The summed E-state index contributed by atoms with van der Waals surface area (Å²) in [4.78, 5) is 39.3. The molecule has 2 aliphatic rings. The maximum absolute atomic E-state index is 13.0. The predicted molar refractivity (Wildman–Crippen MR) is 113 cm³/mol. The van der Waals surface area contributed by atoms with Gasteiger partial charge in [-0.05, 0) is 30.0 Å². The maximum atomic E-state index is 13.0. The van der Waals surface area contributed by atoms with Crippen LogP contribution in [0.5, 0.6) is 0 Å². The van der Waals surface area contributed by atoms with Gasteiger partial charge in [-0.15, -0.1) is 0 Å². The second kappa shape index (κ2) is 8.05. The van der Waals surface area contributed by atoms with Gasteiger partial charge >= 0.3 is 6.09 Å². The largest absolute Gasteiger partial charge is 0.444 e.